The van der Waals surface area contributed by atoms with Crippen molar-refractivity contribution >= 4 is 17.4 Å². The lowest BCUT2D eigenvalue weighted by molar-refractivity contribution is 0.0951. The van der Waals surface area contributed by atoms with Crippen LogP contribution in [0.15, 0.2) is 72.9 Å². The van der Waals surface area contributed by atoms with E-state index in [1.807, 2.05) is 77.4 Å². The number of hydrogen-bond acceptors (Lipinski definition) is 5. The third-order valence-electron chi connectivity index (χ3n) is 6.22. The molecule has 2 heterocycles. The van der Waals surface area contributed by atoms with Gasteiger partial charge in [-0.1, -0.05) is 42.5 Å². The first-order valence-corrected chi connectivity index (χ1v) is 11.5. The molecule has 0 aliphatic heterocycles. The van der Waals surface area contributed by atoms with Crippen LogP contribution in [-0.2, 0) is 6.54 Å². The normalized spacial score (nSPS) is 18.2. The lowest BCUT2D eigenvalue weighted by Crippen LogP contribution is -2.33. The molecule has 5 rings (SSSR count). The maximum Gasteiger partial charge on any atom is 0.251 e. The van der Waals surface area contributed by atoms with E-state index in [0.29, 0.717) is 24.2 Å². The highest BCUT2D eigenvalue weighted by Crippen LogP contribution is 2.24. The van der Waals surface area contributed by atoms with Crippen molar-refractivity contribution in [1.82, 2.24) is 19.9 Å². The van der Waals surface area contributed by atoms with Gasteiger partial charge in [0.05, 0.1) is 11.9 Å². The number of rotatable bonds is 6. The minimum absolute atomic E-state index is 0.0969. The van der Waals surface area contributed by atoms with E-state index in [0.717, 1.165) is 54.0 Å². The number of nitrogens with one attached hydrogen (secondary N) is 2. The highest BCUT2D eigenvalue weighted by Gasteiger charge is 2.19. The Morgan fingerprint density at radius 1 is 0.970 bits per heavy atom. The minimum atomic E-state index is -0.0969. The summed E-state index contributed by atoms with van der Waals surface area (Å²) < 4.78 is 1.85. The average molecular weight is 441 g/mol. The number of imidazole rings is 1. The Bertz CT molecular complexity index is 1230. The molecule has 1 saturated carbocycles. The molecule has 2 aromatic heterocycles. The summed E-state index contributed by atoms with van der Waals surface area (Å²) in [4.78, 5) is 17.0. The Morgan fingerprint density at radius 2 is 1.73 bits per heavy atom. The number of amides is 1. The Hall–Kier alpha value is -3.71. The molecule has 7 heteroatoms. The Morgan fingerprint density at radius 3 is 2.48 bits per heavy atom. The van der Waals surface area contributed by atoms with E-state index in [9.17, 15) is 4.79 Å². The lowest BCUT2D eigenvalue weighted by atomic mass is 9.92. The van der Waals surface area contributed by atoms with Crippen LogP contribution in [0.25, 0.3) is 16.9 Å². The summed E-state index contributed by atoms with van der Waals surface area (Å²) in [6, 6.07) is 22.1. The molecule has 0 bridgehead atoms. The predicted octanol–water partition coefficient (Wildman–Crippen LogP) is 4.01. The van der Waals surface area contributed by atoms with Gasteiger partial charge < -0.3 is 16.4 Å². The molecule has 2 aromatic carbocycles. The lowest BCUT2D eigenvalue weighted by Gasteiger charge is -2.27. The number of aromatic nitrogens is 3. The second-order valence-electron chi connectivity index (χ2n) is 8.63. The highest BCUT2D eigenvalue weighted by molar-refractivity contribution is 5.94. The van der Waals surface area contributed by atoms with E-state index in [1.54, 1.807) is 0 Å². The minimum Gasteiger partial charge on any atom is -0.366 e. The van der Waals surface area contributed by atoms with Crippen molar-refractivity contribution in [3.8, 4) is 11.3 Å². The molecule has 1 amide bonds. The molecule has 4 aromatic rings. The zero-order chi connectivity index (χ0) is 22.6. The first-order chi connectivity index (χ1) is 16.2. The monoisotopic (exact) mass is 440 g/mol. The fourth-order valence-electron chi connectivity index (χ4n) is 4.29. The van der Waals surface area contributed by atoms with Crippen molar-refractivity contribution in [2.24, 2.45) is 5.73 Å². The molecule has 0 atom stereocenters. The molecule has 1 aliphatic carbocycles. The number of fused-ring (bicyclic) bond motifs is 1. The van der Waals surface area contributed by atoms with Crippen LogP contribution in [0.5, 0.6) is 0 Å². The SMILES string of the molecule is NC1CCC(Nc2ccc3ncc(-c4ccc(C(=O)NCc5ccccc5)cc4)n3n2)CC1. The first kappa shape index (κ1) is 21.2. The maximum absolute atomic E-state index is 12.5. The number of nitrogens with two attached hydrogens (primary N) is 1. The summed E-state index contributed by atoms with van der Waals surface area (Å²) in [5.41, 5.74) is 10.3. The van der Waals surface area contributed by atoms with Crippen LogP contribution in [0.3, 0.4) is 0 Å². The van der Waals surface area contributed by atoms with E-state index < -0.39 is 0 Å². The van der Waals surface area contributed by atoms with Gasteiger partial charge in [-0.3, -0.25) is 4.79 Å². The van der Waals surface area contributed by atoms with E-state index in [2.05, 4.69) is 15.6 Å². The van der Waals surface area contributed by atoms with Crippen LogP contribution in [0.2, 0.25) is 0 Å². The molecular formula is C26H28N6O. The maximum atomic E-state index is 12.5. The van der Waals surface area contributed by atoms with E-state index >= 15 is 0 Å². The standard InChI is InChI=1S/C26H28N6O/c27-21-10-12-22(13-11-21)30-24-14-15-25-28-17-23(32(25)31-24)19-6-8-20(9-7-19)26(33)29-16-18-4-2-1-3-5-18/h1-9,14-15,17,21-22H,10-13,16,27H2,(H,29,33)(H,30,31). The van der Waals surface area contributed by atoms with E-state index in [4.69, 9.17) is 10.8 Å². The molecule has 0 unspecified atom stereocenters. The third-order valence-corrected chi connectivity index (χ3v) is 6.22. The van der Waals surface area contributed by atoms with Crippen molar-refractivity contribution in [3.05, 3.63) is 84.1 Å². The van der Waals surface area contributed by atoms with Crippen molar-refractivity contribution in [3.63, 3.8) is 0 Å². The first-order valence-electron chi connectivity index (χ1n) is 11.5. The topological polar surface area (TPSA) is 97.3 Å². The third kappa shape index (κ3) is 4.88. The molecular weight excluding hydrogens is 412 g/mol. The zero-order valence-corrected chi connectivity index (χ0v) is 18.4. The van der Waals surface area contributed by atoms with Crippen LogP contribution in [0.4, 0.5) is 5.82 Å². The van der Waals surface area contributed by atoms with Gasteiger partial charge in [0, 0.05) is 29.8 Å². The van der Waals surface area contributed by atoms with Gasteiger partial charge in [0.2, 0.25) is 0 Å². The quantitative estimate of drug-likeness (QED) is 0.421. The van der Waals surface area contributed by atoms with Gasteiger partial charge in [0.25, 0.3) is 5.91 Å². The van der Waals surface area contributed by atoms with Crippen LogP contribution in [0.1, 0.15) is 41.6 Å². The van der Waals surface area contributed by atoms with Crippen molar-refractivity contribution < 1.29 is 4.79 Å². The highest BCUT2D eigenvalue weighted by atomic mass is 16.1. The molecule has 168 valence electrons. The number of hydrogen-bond donors (Lipinski definition) is 3. The van der Waals surface area contributed by atoms with Gasteiger partial charge in [0.1, 0.15) is 5.82 Å². The molecule has 1 aliphatic rings. The van der Waals surface area contributed by atoms with Crippen molar-refractivity contribution in [1.29, 1.82) is 0 Å². The van der Waals surface area contributed by atoms with Gasteiger partial charge in [-0.05, 0) is 55.5 Å². The van der Waals surface area contributed by atoms with Crippen molar-refractivity contribution in [2.75, 3.05) is 5.32 Å². The molecule has 0 saturated heterocycles. The van der Waals surface area contributed by atoms with Gasteiger partial charge in [-0.2, -0.15) is 0 Å². The summed E-state index contributed by atoms with van der Waals surface area (Å²) in [6.45, 7) is 0.501. The van der Waals surface area contributed by atoms with Crippen LogP contribution >= 0.6 is 0 Å². The molecule has 1 fully saturated rings. The molecule has 7 nitrogen and oxygen atoms in total. The number of benzene rings is 2. The fourth-order valence-corrected chi connectivity index (χ4v) is 4.29. The smallest absolute Gasteiger partial charge is 0.251 e. The van der Waals surface area contributed by atoms with Crippen LogP contribution < -0.4 is 16.4 Å². The van der Waals surface area contributed by atoms with Gasteiger partial charge >= 0.3 is 0 Å². The van der Waals surface area contributed by atoms with E-state index in [1.165, 1.54) is 0 Å². The fraction of sp³-hybridized carbons (Fsp3) is 0.269. The van der Waals surface area contributed by atoms with Crippen LogP contribution in [0, 0.1) is 0 Å². The van der Waals surface area contributed by atoms with Crippen LogP contribution in [-0.4, -0.2) is 32.6 Å². The zero-order valence-electron chi connectivity index (χ0n) is 18.4. The van der Waals surface area contributed by atoms with E-state index in [-0.39, 0.29) is 5.91 Å². The average Bonchev–Trinajstić information content (AvgIpc) is 3.28. The molecule has 0 spiro atoms. The molecule has 4 N–H and O–H groups in total. The summed E-state index contributed by atoms with van der Waals surface area (Å²) in [7, 11) is 0. The second-order valence-corrected chi connectivity index (χ2v) is 8.63. The van der Waals surface area contributed by atoms with Crippen molar-refractivity contribution in [2.45, 2.75) is 44.3 Å². The Balaban J connectivity index is 1.29. The summed E-state index contributed by atoms with van der Waals surface area (Å²) >= 11 is 0. The number of nitrogens with zero attached hydrogens (tertiary/aromatic N) is 3. The van der Waals surface area contributed by atoms with Gasteiger partial charge in [-0.25, -0.2) is 9.50 Å². The summed E-state index contributed by atoms with van der Waals surface area (Å²) in [5, 5.41) is 11.3. The van der Waals surface area contributed by atoms with Gasteiger partial charge in [-0.15, -0.1) is 5.10 Å². The number of anilines is 1. The number of carbonyl (C=O) groups excluding carboxylic acids is 1. The van der Waals surface area contributed by atoms with Gasteiger partial charge in [0.15, 0.2) is 5.65 Å². The second kappa shape index (κ2) is 9.42. The summed E-state index contributed by atoms with van der Waals surface area (Å²) in [5.74, 6) is 0.736. The number of carbonyl (C=O) groups is 1. The largest absolute Gasteiger partial charge is 0.366 e. The molecule has 0 radical (unpaired) electrons. The molecule has 33 heavy (non-hydrogen) atoms. The Labute approximate surface area is 193 Å². The Kier molecular flexibility index (Phi) is 6.04. The predicted molar refractivity (Wildman–Crippen MR) is 130 cm³/mol. The summed E-state index contributed by atoms with van der Waals surface area (Å²) in [6.07, 6.45) is 6.02.